The maximum atomic E-state index is 12.3. The van der Waals surface area contributed by atoms with Gasteiger partial charge in [0.25, 0.3) is 0 Å². The van der Waals surface area contributed by atoms with Crippen molar-refractivity contribution in [2.45, 2.75) is 39.3 Å². The number of aromatic nitrogens is 3. The van der Waals surface area contributed by atoms with E-state index >= 15 is 0 Å². The van der Waals surface area contributed by atoms with Crippen molar-refractivity contribution in [3.05, 3.63) is 40.4 Å². The Morgan fingerprint density at radius 3 is 2.51 bits per heavy atom. The quantitative estimate of drug-likeness (QED) is 0.330. The first-order valence-electron chi connectivity index (χ1n) is 13.0. The Kier molecular flexibility index (Phi) is 9.41. The Balaban J connectivity index is 1.57. The van der Waals surface area contributed by atoms with Crippen molar-refractivity contribution in [1.29, 1.82) is 0 Å². The number of thiazole rings is 1. The molecule has 2 aromatic heterocycles. The van der Waals surface area contributed by atoms with Crippen LogP contribution in [0.15, 0.2) is 24.3 Å². The van der Waals surface area contributed by atoms with E-state index in [1.807, 2.05) is 24.3 Å². The summed E-state index contributed by atoms with van der Waals surface area (Å²) < 4.78 is 16.0. The molecule has 0 unspecified atom stereocenters. The van der Waals surface area contributed by atoms with E-state index in [1.165, 1.54) is 11.3 Å². The number of aryl methyl sites for hydroxylation is 1. The van der Waals surface area contributed by atoms with Gasteiger partial charge in [0.1, 0.15) is 16.5 Å². The van der Waals surface area contributed by atoms with E-state index in [1.54, 1.807) is 28.1 Å². The van der Waals surface area contributed by atoms with Crippen LogP contribution >= 0.6 is 11.3 Å². The van der Waals surface area contributed by atoms with Crippen LogP contribution < -0.4 is 25.0 Å². The van der Waals surface area contributed by atoms with Crippen LogP contribution in [0.2, 0.25) is 0 Å². The second-order valence-electron chi connectivity index (χ2n) is 9.44. The molecule has 39 heavy (non-hydrogen) atoms. The van der Waals surface area contributed by atoms with Gasteiger partial charge >= 0.3 is 5.97 Å². The van der Waals surface area contributed by atoms with E-state index in [-0.39, 0.29) is 5.97 Å². The average molecular weight is 556 g/mol. The van der Waals surface area contributed by atoms with Crippen LogP contribution in [0.3, 0.4) is 0 Å². The van der Waals surface area contributed by atoms with E-state index < -0.39 is 0 Å². The van der Waals surface area contributed by atoms with Crippen molar-refractivity contribution in [3.8, 4) is 11.5 Å². The van der Waals surface area contributed by atoms with E-state index in [0.717, 1.165) is 37.3 Å². The van der Waals surface area contributed by atoms with Crippen molar-refractivity contribution in [3.63, 3.8) is 0 Å². The van der Waals surface area contributed by atoms with Gasteiger partial charge in [-0.1, -0.05) is 17.4 Å². The normalized spacial score (nSPS) is 13.9. The zero-order chi connectivity index (χ0) is 27.9. The molecule has 2 N–H and O–H groups in total. The molecule has 1 aromatic carbocycles. The highest BCUT2D eigenvalue weighted by Gasteiger charge is 2.23. The molecule has 0 aliphatic carbocycles. The highest BCUT2D eigenvalue weighted by molar-refractivity contribution is 7.17. The summed E-state index contributed by atoms with van der Waals surface area (Å²) in [6.07, 6.45) is 2.12. The fraction of sp³-hybridized carbons (Fsp3) is 0.481. The summed E-state index contributed by atoms with van der Waals surface area (Å²) in [4.78, 5) is 31.3. The van der Waals surface area contributed by atoms with Crippen LogP contribution in [0.25, 0.3) is 0 Å². The van der Waals surface area contributed by atoms with Gasteiger partial charge in [-0.15, -0.1) is 0 Å². The Labute approximate surface area is 233 Å². The maximum absolute atomic E-state index is 12.3. The molecule has 0 saturated carbocycles. The fourth-order valence-corrected chi connectivity index (χ4v) is 5.32. The number of carbonyl (C=O) groups excluding carboxylic acids is 1. The minimum atomic E-state index is -0.378. The zero-order valence-electron chi connectivity index (χ0n) is 23.4. The Hall–Kier alpha value is -3.64. The Morgan fingerprint density at radius 1 is 1.10 bits per heavy atom. The topological polar surface area (TPSA) is 114 Å². The second kappa shape index (κ2) is 12.9. The average Bonchev–Trinajstić information content (AvgIpc) is 3.31. The second-order valence-corrected chi connectivity index (χ2v) is 10.4. The van der Waals surface area contributed by atoms with Crippen molar-refractivity contribution in [2.24, 2.45) is 0 Å². The van der Waals surface area contributed by atoms with Gasteiger partial charge in [0, 0.05) is 31.7 Å². The van der Waals surface area contributed by atoms with Gasteiger partial charge < -0.3 is 29.3 Å². The molecule has 4 rings (SSSR count). The number of rotatable bonds is 11. The summed E-state index contributed by atoms with van der Waals surface area (Å²) in [6.45, 7) is 6.21. The molecule has 1 saturated heterocycles. The summed E-state index contributed by atoms with van der Waals surface area (Å²) in [5.74, 6) is 2.88. The van der Waals surface area contributed by atoms with Gasteiger partial charge in [-0.3, -0.25) is 5.32 Å². The molecule has 0 amide bonds. The number of hydrogen-bond donors (Lipinski definition) is 2. The summed E-state index contributed by atoms with van der Waals surface area (Å²) in [5.41, 5.74) is 1.62. The predicted octanol–water partition coefficient (Wildman–Crippen LogP) is 4.32. The molecule has 3 aromatic rings. The molecular formula is C27H37N7O4S. The van der Waals surface area contributed by atoms with Gasteiger partial charge in [-0.25, -0.2) is 9.78 Å². The third-order valence-corrected chi connectivity index (χ3v) is 7.68. The number of benzene rings is 1. The smallest absolute Gasteiger partial charge is 0.350 e. The predicted molar refractivity (Wildman–Crippen MR) is 154 cm³/mol. The van der Waals surface area contributed by atoms with E-state index in [4.69, 9.17) is 24.2 Å². The summed E-state index contributed by atoms with van der Waals surface area (Å²) in [6, 6.07) is 8.34. The number of esters is 1. The molecule has 1 fully saturated rings. The molecule has 0 radical (unpaired) electrons. The van der Waals surface area contributed by atoms with Gasteiger partial charge in [0.05, 0.1) is 26.5 Å². The first-order chi connectivity index (χ1) is 18.8. The SMILES string of the molecule is CCOC(=O)c1sc(Nc2nc(NCc3ccc(OC)c(OC)c3)cc(N3CCC(N(C)C)CC3)n2)nc1C. The largest absolute Gasteiger partial charge is 0.493 e. The maximum Gasteiger partial charge on any atom is 0.350 e. The fourth-order valence-electron chi connectivity index (χ4n) is 4.47. The van der Waals surface area contributed by atoms with E-state index in [9.17, 15) is 4.79 Å². The van der Waals surface area contributed by atoms with Gasteiger partial charge in [-0.2, -0.15) is 9.97 Å². The van der Waals surface area contributed by atoms with E-state index in [0.29, 0.717) is 58.2 Å². The monoisotopic (exact) mass is 555 g/mol. The van der Waals surface area contributed by atoms with Crippen LogP contribution in [0.4, 0.5) is 22.7 Å². The third-order valence-electron chi connectivity index (χ3n) is 6.63. The number of carbonyl (C=O) groups is 1. The molecule has 11 nitrogen and oxygen atoms in total. The molecular weight excluding hydrogens is 518 g/mol. The molecule has 1 aliphatic rings. The van der Waals surface area contributed by atoms with Crippen LogP contribution in [0.5, 0.6) is 11.5 Å². The number of nitrogens with zero attached hydrogens (tertiary/aromatic N) is 5. The van der Waals surface area contributed by atoms with Gasteiger partial charge in [0.2, 0.25) is 5.95 Å². The minimum absolute atomic E-state index is 0.309. The number of piperidine rings is 1. The van der Waals surface area contributed by atoms with Crippen LogP contribution in [-0.4, -0.2) is 79.9 Å². The number of hydrogen-bond acceptors (Lipinski definition) is 12. The van der Waals surface area contributed by atoms with Crippen LogP contribution in [-0.2, 0) is 11.3 Å². The number of ether oxygens (including phenoxy) is 3. The van der Waals surface area contributed by atoms with Crippen LogP contribution in [0.1, 0.15) is 40.7 Å². The molecule has 0 bridgehead atoms. The minimum Gasteiger partial charge on any atom is -0.493 e. The molecule has 3 heterocycles. The molecule has 210 valence electrons. The zero-order valence-corrected chi connectivity index (χ0v) is 24.2. The van der Waals surface area contributed by atoms with Gasteiger partial charge in [0.15, 0.2) is 16.6 Å². The standard InChI is InChI=1S/C27H37N7O4S/c1-7-38-25(35)24-17(2)29-27(39-24)32-26-30-22(28-16-18-8-9-20(36-5)21(14-18)37-6)15-23(31-26)34-12-10-19(11-13-34)33(3)4/h8-9,14-15,19H,7,10-13,16H2,1-6H3,(H2,28,29,30,31,32). The van der Waals surface area contributed by atoms with Gasteiger partial charge in [-0.05, 0) is 58.5 Å². The summed E-state index contributed by atoms with van der Waals surface area (Å²) in [7, 11) is 7.50. The molecule has 1 aliphatic heterocycles. The lowest BCUT2D eigenvalue weighted by atomic mass is 10.0. The molecule has 0 spiro atoms. The molecule has 0 atom stereocenters. The van der Waals surface area contributed by atoms with E-state index in [2.05, 4.69) is 39.5 Å². The Bertz CT molecular complexity index is 1280. The van der Waals surface area contributed by atoms with Crippen molar-refractivity contribution < 1.29 is 19.0 Å². The first-order valence-corrected chi connectivity index (χ1v) is 13.8. The van der Waals surface area contributed by atoms with Crippen LogP contribution in [0, 0.1) is 6.92 Å². The Morgan fingerprint density at radius 2 is 1.85 bits per heavy atom. The van der Waals surface area contributed by atoms with Crippen molar-refractivity contribution in [2.75, 3.05) is 63.5 Å². The number of methoxy groups -OCH3 is 2. The highest BCUT2D eigenvalue weighted by Crippen LogP contribution is 2.30. The summed E-state index contributed by atoms with van der Waals surface area (Å²) >= 11 is 1.23. The molecule has 12 heteroatoms. The van der Waals surface area contributed by atoms with Crippen molar-refractivity contribution in [1.82, 2.24) is 19.9 Å². The lowest BCUT2D eigenvalue weighted by Crippen LogP contribution is -2.42. The number of anilines is 4. The summed E-state index contributed by atoms with van der Waals surface area (Å²) in [5, 5.41) is 7.16. The number of nitrogens with one attached hydrogen (secondary N) is 2. The lowest BCUT2D eigenvalue weighted by Gasteiger charge is -2.36. The highest BCUT2D eigenvalue weighted by atomic mass is 32.1. The lowest BCUT2D eigenvalue weighted by molar-refractivity contribution is 0.0531. The first kappa shape index (κ1) is 28.4. The van der Waals surface area contributed by atoms with Crippen molar-refractivity contribution >= 4 is 40.0 Å². The third kappa shape index (κ3) is 7.07.